The molecular weight excluding hydrogens is 220 g/mol. The Morgan fingerprint density at radius 3 is 2.88 bits per heavy atom. The van der Waals surface area contributed by atoms with E-state index in [2.05, 4.69) is 41.8 Å². The second-order valence-electron chi connectivity index (χ2n) is 4.10. The Kier molecular flexibility index (Phi) is 3.74. The molecule has 1 unspecified atom stereocenters. The molecule has 2 rings (SSSR count). The molecule has 0 radical (unpaired) electrons. The summed E-state index contributed by atoms with van der Waals surface area (Å²) in [6.45, 7) is 5.16. The van der Waals surface area contributed by atoms with E-state index >= 15 is 0 Å². The van der Waals surface area contributed by atoms with E-state index in [0.717, 1.165) is 12.3 Å². The largest absolute Gasteiger partial charge is 0.360 e. The molecule has 1 N–H and O–H groups in total. The molecule has 0 saturated heterocycles. The van der Waals surface area contributed by atoms with Gasteiger partial charge in [-0.3, -0.25) is 0 Å². The molecule has 0 aliphatic rings. The predicted molar refractivity (Wildman–Crippen MR) is 65.2 cm³/mol. The zero-order chi connectivity index (χ0) is 11.4. The maximum Gasteiger partial charge on any atom is 0.150 e. The van der Waals surface area contributed by atoms with Gasteiger partial charge >= 0.3 is 0 Å². The van der Waals surface area contributed by atoms with Crippen molar-refractivity contribution in [2.24, 2.45) is 5.92 Å². The Morgan fingerprint density at radius 2 is 2.31 bits per heavy atom. The molecule has 3 nitrogen and oxygen atoms in total. The summed E-state index contributed by atoms with van der Waals surface area (Å²) < 4.78 is 5.07. The molecule has 2 aromatic rings. The normalized spacial score (nSPS) is 13.2. The lowest BCUT2D eigenvalue weighted by Gasteiger charge is -2.20. The summed E-state index contributed by atoms with van der Waals surface area (Å²) in [6, 6.07) is 6.53. The third-order valence-electron chi connectivity index (χ3n) is 2.50. The summed E-state index contributed by atoms with van der Waals surface area (Å²) in [7, 11) is 0. The van der Waals surface area contributed by atoms with Gasteiger partial charge in [0.25, 0.3) is 0 Å². The number of nitrogens with one attached hydrogen (secondary N) is 1. The van der Waals surface area contributed by atoms with Crippen LogP contribution < -0.4 is 5.32 Å². The van der Waals surface area contributed by atoms with Crippen LogP contribution in [0, 0.1) is 5.92 Å². The molecule has 0 spiro atoms. The Morgan fingerprint density at radius 1 is 1.44 bits per heavy atom. The van der Waals surface area contributed by atoms with E-state index in [1.165, 1.54) is 4.88 Å². The quantitative estimate of drug-likeness (QED) is 0.866. The van der Waals surface area contributed by atoms with Crippen LogP contribution in [0.3, 0.4) is 0 Å². The molecule has 2 heterocycles. The summed E-state index contributed by atoms with van der Waals surface area (Å²) in [5.41, 5.74) is 0. The van der Waals surface area contributed by atoms with Crippen LogP contribution in [0.15, 0.2) is 34.3 Å². The molecule has 0 amide bonds. The average molecular weight is 236 g/mol. The monoisotopic (exact) mass is 236 g/mol. The summed E-state index contributed by atoms with van der Waals surface area (Å²) in [6.07, 6.45) is 1.67. The number of hydrogen-bond acceptors (Lipinski definition) is 4. The Labute approximate surface area is 99.5 Å². The fourth-order valence-electron chi connectivity index (χ4n) is 1.68. The lowest BCUT2D eigenvalue weighted by molar-refractivity contribution is 0.345. The van der Waals surface area contributed by atoms with Crippen LogP contribution in [-0.2, 0) is 6.54 Å². The van der Waals surface area contributed by atoms with Crippen molar-refractivity contribution < 1.29 is 4.52 Å². The van der Waals surface area contributed by atoms with Crippen molar-refractivity contribution in [3.05, 3.63) is 40.4 Å². The average Bonchev–Trinajstić information content (AvgIpc) is 2.88. The summed E-state index contributed by atoms with van der Waals surface area (Å²) in [4.78, 5) is 1.37. The van der Waals surface area contributed by atoms with Crippen molar-refractivity contribution in [2.75, 3.05) is 0 Å². The third-order valence-corrected chi connectivity index (χ3v) is 3.46. The highest BCUT2D eigenvalue weighted by atomic mass is 32.1. The number of aromatic nitrogens is 1. The second kappa shape index (κ2) is 5.27. The van der Waals surface area contributed by atoms with Gasteiger partial charge in [0, 0.05) is 17.0 Å². The number of rotatable bonds is 5. The van der Waals surface area contributed by atoms with Gasteiger partial charge in [-0.25, -0.2) is 0 Å². The zero-order valence-corrected chi connectivity index (χ0v) is 10.3. The van der Waals surface area contributed by atoms with Gasteiger partial charge in [-0.15, -0.1) is 11.3 Å². The van der Waals surface area contributed by atoms with Crippen molar-refractivity contribution >= 4 is 11.3 Å². The molecule has 16 heavy (non-hydrogen) atoms. The second-order valence-corrected chi connectivity index (χ2v) is 5.08. The molecule has 0 fully saturated rings. The number of nitrogens with zero attached hydrogens (tertiary/aromatic N) is 1. The van der Waals surface area contributed by atoms with Crippen molar-refractivity contribution in [1.29, 1.82) is 0 Å². The van der Waals surface area contributed by atoms with Crippen LogP contribution in [-0.4, -0.2) is 5.16 Å². The molecule has 4 heteroatoms. The van der Waals surface area contributed by atoms with Gasteiger partial charge in [-0.2, -0.15) is 0 Å². The Bertz CT molecular complexity index is 395. The van der Waals surface area contributed by atoms with Crippen LogP contribution in [0.2, 0.25) is 0 Å². The van der Waals surface area contributed by atoms with Crippen LogP contribution in [0.25, 0.3) is 0 Å². The fourth-order valence-corrected chi connectivity index (χ4v) is 2.65. The Balaban J connectivity index is 1.99. The third kappa shape index (κ3) is 2.71. The maximum atomic E-state index is 5.07. The molecular formula is C12H16N2OS. The topological polar surface area (TPSA) is 38.1 Å². The standard InChI is InChI=1S/C12H16N2OS/c1-9(2)12(11-4-3-7-16-11)13-8-10-5-6-14-15-10/h3-7,9,12-13H,8H2,1-2H3. The summed E-state index contributed by atoms with van der Waals surface area (Å²) in [5.74, 6) is 1.43. The van der Waals surface area contributed by atoms with E-state index < -0.39 is 0 Å². The van der Waals surface area contributed by atoms with Crippen molar-refractivity contribution in [3.8, 4) is 0 Å². The van der Waals surface area contributed by atoms with Crippen LogP contribution >= 0.6 is 11.3 Å². The minimum atomic E-state index is 0.380. The molecule has 86 valence electrons. The maximum absolute atomic E-state index is 5.07. The molecule has 0 saturated carbocycles. The molecule has 2 aromatic heterocycles. The first-order valence-corrected chi connectivity index (χ1v) is 6.31. The highest BCUT2D eigenvalue weighted by Gasteiger charge is 2.16. The minimum absolute atomic E-state index is 0.380. The van der Waals surface area contributed by atoms with Gasteiger partial charge in [0.05, 0.1) is 12.7 Å². The van der Waals surface area contributed by atoms with E-state index in [0.29, 0.717) is 12.0 Å². The Hall–Kier alpha value is -1.13. The highest BCUT2D eigenvalue weighted by Crippen LogP contribution is 2.25. The first-order chi connectivity index (χ1) is 7.77. The predicted octanol–water partition coefficient (Wildman–Crippen LogP) is 3.22. The molecule has 1 atom stereocenters. The summed E-state index contributed by atoms with van der Waals surface area (Å²) >= 11 is 1.79. The van der Waals surface area contributed by atoms with Gasteiger partial charge in [-0.1, -0.05) is 25.1 Å². The van der Waals surface area contributed by atoms with Crippen LogP contribution in [0.1, 0.15) is 30.5 Å². The molecule has 0 aliphatic heterocycles. The van der Waals surface area contributed by atoms with E-state index in [4.69, 9.17) is 4.52 Å². The van der Waals surface area contributed by atoms with Crippen molar-refractivity contribution in [2.45, 2.75) is 26.4 Å². The molecule has 0 aromatic carbocycles. The van der Waals surface area contributed by atoms with Crippen molar-refractivity contribution in [3.63, 3.8) is 0 Å². The van der Waals surface area contributed by atoms with Crippen LogP contribution in [0.4, 0.5) is 0 Å². The molecule has 0 bridgehead atoms. The van der Waals surface area contributed by atoms with E-state index in [9.17, 15) is 0 Å². The fraction of sp³-hybridized carbons (Fsp3) is 0.417. The number of thiophene rings is 1. The van der Waals surface area contributed by atoms with Crippen molar-refractivity contribution in [1.82, 2.24) is 10.5 Å². The van der Waals surface area contributed by atoms with E-state index in [1.807, 2.05) is 6.07 Å². The minimum Gasteiger partial charge on any atom is -0.360 e. The smallest absolute Gasteiger partial charge is 0.150 e. The van der Waals surface area contributed by atoms with Crippen LogP contribution in [0.5, 0.6) is 0 Å². The van der Waals surface area contributed by atoms with Gasteiger partial charge in [0.2, 0.25) is 0 Å². The number of hydrogen-bond donors (Lipinski definition) is 1. The van der Waals surface area contributed by atoms with E-state index in [-0.39, 0.29) is 0 Å². The van der Waals surface area contributed by atoms with E-state index in [1.54, 1.807) is 17.5 Å². The van der Waals surface area contributed by atoms with Gasteiger partial charge in [0.15, 0.2) is 0 Å². The summed E-state index contributed by atoms with van der Waals surface area (Å²) in [5, 5.41) is 9.31. The first kappa shape index (κ1) is 11.4. The van der Waals surface area contributed by atoms with Gasteiger partial charge in [-0.05, 0) is 17.4 Å². The first-order valence-electron chi connectivity index (χ1n) is 5.43. The SMILES string of the molecule is CC(C)C(NCc1ccno1)c1cccs1. The lowest BCUT2D eigenvalue weighted by Crippen LogP contribution is -2.24. The zero-order valence-electron chi connectivity index (χ0n) is 9.51. The van der Waals surface area contributed by atoms with Gasteiger partial charge in [0.1, 0.15) is 5.76 Å². The molecule has 0 aliphatic carbocycles. The lowest BCUT2D eigenvalue weighted by atomic mass is 10.0. The van der Waals surface area contributed by atoms with Gasteiger partial charge < -0.3 is 9.84 Å². The highest BCUT2D eigenvalue weighted by molar-refractivity contribution is 7.10.